The Labute approximate surface area is 216 Å². The highest BCUT2D eigenvalue weighted by Crippen LogP contribution is 2.17. The third-order valence-corrected chi connectivity index (χ3v) is 5.81. The maximum absolute atomic E-state index is 13.2. The number of carbonyl (C=O) groups is 3. The molecule has 3 atom stereocenters. The van der Waals surface area contributed by atoms with E-state index in [9.17, 15) is 24.6 Å². The van der Waals surface area contributed by atoms with Crippen LogP contribution in [-0.4, -0.2) is 70.7 Å². The summed E-state index contributed by atoms with van der Waals surface area (Å²) in [4.78, 5) is 40.2. The van der Waals surface area contributed by atoms with Crippen molar-refractivity contribution in [1.29, 1.82) is 0 Å². The van der Waals surface area contributed by atoms with E-state index in [1.807, 2.05) is 48.5 Å². The summed E-state index contributed by atoms with van der Waals surface area (Å²) in [5.41, 5.74) is 1.54. The lowest BCUT2D eigenvalue weighted by atomic mass is 9.94. The fraction of sp³-hybridized carbons (Fsp3) is 0.679. The topological polar surface area (TPSA) is 119 Å². The first kappa shape index (κ1) is 31.6. The molecule has 8 nitrogen and oxygen atoms in total. The van der Waals surface area contributed by atoms with Gasteiger partial charge in [-0.25, -0.2) is 0 Å². The van der Waals surface area contributed by atoms with Gasteiger partial charge in [0.25, 0.3) is 11.8 Å². The summed E-state index contributed by atoms with van der Waals surface area (Å²) in [6.45, 7) is 15.5. The maximum Gasteiger partial charge on any atom is 0.253 e. The average Bonchev–Trinajstić information content (AvgIpc) is 2.80. The van der Waals surface area contributed by atoms with Gasteiger partial charge in [-0.15, -0.1) is 0 Å². The Kier molecular flexibility index (Phi) is 13.7. The number of hydrogen-bond acceptors (Lipinski definition) is 5. The molecular weight excluding hydrogens is 458 g/mol. The van der Waals surface area contributed by atoms with Crippen LogP contribution in [0.15, 0.2) is 18.2 Å². The molecule has 3 unspecified atom stereocenters. The number of benzene rings is 1. The zero-order valence-electron chi connectivity index (χ0n) is 23.1. The molecule has 0 aliphatic heterocycles. The molecule has 0 saturated heterocycles. The molecule has 0 aliphatic rings. The van der Waals surface area contributed by atoms with Crippen LogP contribution in [0.5, 0.6) is 0 Å². The van der Waals surface area contributed by atoms with Crippen molar-refractivity contribution >= 4 is 17.7 Å². The fourth-order valence-electron chi connectivity index (χ4n) is 4.09. The second kappa shape index (κ2) is 15.6. The quantitative estimate of drug-likeness (QED) is 0.292. The molecule has 3 amide bonds. The van der Waals surface area contributed by atoms with Gasteiger partial charge in [0, 0.05) is 30.8 Å². The summed E-state index contributed by atoms with van der Waals surface area (Å²) < 4.78 is 0. The molecule has 1 aromatic rings. The van der Waals surface area contributed by atoms with E-state index in [0.29, 0.717) is 37.2 Å². The molecule has 0 heterocycles. The molecule has 4 N–H and O–H groups in total. The Bertz CT molecular complexity index is 850. The van der Waals surface area contributed by atoms with Gasteiger partial charge in [0.1, 0.15) is 6.10 Å². The van der Waals surface area contributed by atoms with Crippen LogP contribution in [0.1, 0.15) is 93.5 Å². The van der Waals surface area contributed by atoms with E-state index in [2.05, 4.69) is 10.6 Å². The van der Waals surface area contributed by atoms with Crippen molar-refractivity contribution in [3.63, 3.8) is 0 Å². The molecule has 0 spiro atoms. The summed E-state index contributed by atoms with van der Waals surface area (Å²) >= 11 is 0. The van der Waals surface area contributed by atoms with Crippen molar-refractivity contribution in [1.82, 2.24) is 15.5 Å². The lowest BCUT2D eigenvalue weighted by Crippen LogP contribution is -2.50. The normalized spacial score (nSPS) is 13.9. The molecule has 0 radical (unpaired) electrons. The number of aliphatic hydroxyl groups excluding tert-OH is 2. The summed E-state index contributed by atoms with van der Waals surface area (Å²) in [6, 6.07) is 4.29. The lowest BCUT2D eigenvalue weighted by molar-refractivity contribution is -0.125. The molecule has 0 aromatic heterocycles. The first-order valence-corrected chi connectivity index (χ1v) is 13.2. The van der Waals surface area contributed by atoms with Gasteiger partial charge in [0.2, 0.25) is 5.91 Å². The van der Waals surface area contributed by atoms with Gasteiger partial charge in [0.05, 0.1) is 18.6 Å². The van der Waals surface area contributed by atoms with Gasteiger partial charge in [-0.2, -0.15) is 0 Å². The number of aryl methyl sites for hydroxylation is 1. The van der Waals surface area contributed by atoms with Gasteiger partial charge in [-0.3, -0.25) is 14.4 Å². The second-order valence-electron chi connectivity index (χ2n) is 10.5. The smallest absolute Gasteiger partial charge is 0.253 e. The Hall–Kier alpha value is -2.45. The fourth-order valence-corrected chi connectivity index (χ4v) is 4.09. The maximum atomic E-state index is 13.2. The predicted molar refractivity (Wildman–Crippen MR) is 143 cm³/mol. The second-order valence-corrected chi connectivity index (χ2v) is 10.5. The van der Waals surface area contributed by atoms with Crippen molar-refractivity contribution in [2.75, 3.05) is 19.6 Å². The van der Waals surface area contributed by atoms with Gasteiger partial charge in [-0.1, -0.05) is 41.5 Å². The highest BCUT2D eigenvalue weighted by Gasteiger charge is 2.30. The Morgan fingerprint density at radius 1 is 0.917 bits per heavy atom. The zero-order valence-corrected chi connectivity index (χ0v) is 23.1. The van der Waals surface area contributed by atoms with Crippen molar-refractivity contribution in [2.45, 2.75) is 92.4 Å². The molecule has 0 bridgehead atoms. The summed E-state index contributed by atoms with van der Waals surface area (Å²) in [5.74, 6) is -0.510. The number of hydrogen-bond donors (Lipinski definition) is 4. The Morgan fingerprint density at radius 2 is 1.50 bits per heavy atom. The minimum atomic E-state index is -1.33. The number of nitrogens with zero attached hydrogens (tertiary/aromatic N) is 1. The van der Waals surface area contributed by atoms with E-state index in [-0.39, 0.29) is 30.1 Å². The van der Waals surface area contributed by atoms with Gasteiger partial charge in [0.15, 0.2) is 0 Å². The van der Waals surface area contributed by atoms with Crippen LogP contribution >= 0.6 is 0 Å². The largest absolute Gasteiger partial charge is 0.390 e. The number of carbonyl (C=O) groups excluding carboxylic acids is 3. The highest BCUT2D eigenvalue weighted by molar-refractivity contribution is 6.00. The van der Waals surface area contributed by atoms with E-state index in [0.717, 1.165) is 18.4 Å². The lowest BCUT2D eigenvalue weighted by Gasteiger charge is -2.29. The Morgan fingerprint density at radius 3 is 2.03 bits per heavy atom. The monoisotopic (exact) mass is 505 g/mol. The van der Waals surface area contributed by atoms with E-state index >= 15 is 0 Å². The molecule has 1 rings (SSSR count). The number of rotatable bonds is 15. The van der Waals surface area contributed by atoms with Crippen LogP contribution in [-0.2, 0) is 4.79 Å². The average molecular weight is 506 g/mol. The summed E-state index contributed by atoms with van der Waals surface area (Å²) in [6.07, 6.45) is -0.805. The summed E-state index contributed by atoms with van der Waals surface area (Å²) in [7, 11) is 0. The molecule has 0 aliphatic carbocycles. The number of aliphatic hydroxyl groups is 2. The minimum Gasteiger partial charge on any atom is -0.390 e. The molecule has 1 aromatic carbocycles. The van der Waals surface area contributed by atoms with Gasteiger partial charge < -0.3 is 25.7 Å². The van der Waals surface area contributed by atoms with Gasteiger partial charge in [-0.05, 0) is 61.8 Å². The van der Waals surface area contributed by atoms with Crippen molar-refractivity contribution < 1.29 is 24.6 Å². The van der Waals surface area contributed by atoms with Crippen LogP contribution in [0.4, 0.5) is 0 Å². The first-order chi connectivity index (χ1) is 16.9. The molecular formula is C28H47N3O5. The van der Waals surface area contributed by atoms with Crippen molar-refractivity contribution in [3.05, 3.63) is 34.9 Å². The molecule has 8 heteroatoms. The third kappa shape index (κ3) is 10.7. The van der Waals surface area contributed by atoms with E-state index in [1.165, 1.54) is 0 Å². The van der Waals surface area contributed by atoms with Crippen LogP contribution in [0.25, 0.3) is 0 Å². The standard InChI is InChI=1S/C28H47N3O5/c1-8-10-31(11-9-2)28(36)22-14-20(7)13-21(15-22)27(35)30-23(12-18(3)4)26(34)24(32)16-25(33)29-17-19(5)6/h13-15,18-19,23-24,26,32,34H,8-12,16-17H2,1-7H3,(H,29,33)(H,30,35). The van der Waals surface area contributed by atoms with E-state index < -0.39 is 24.2 Å². The molecule has 36 heavy (non-hydrogen) atoms. The van der Waals surface area contributed by atoms with E-state index in [4.69, 9.17) is 0 Å². The summed E-state index contributed by atoms with van der Waals surface area (Å²) in [5, 5.41) is 26.9. The first-order valence-electron chi connectivity index (χ1n) is 13.2. The zero-order chi connectivity index (χ0) is 27.4. The highest BCUT2D eigenvalue weighted by atomic mass is 16.3. The minimum absolute atomic E-state index is 0.113. The molecule has 204 valence electrons. The van der Waals surface area contributed by atoms with Crippen LogP contribution in [0.2, 0.25) is 0 Å². The molecule has 0 saturated carbocycles. The number of nitrogens with one attached hydrogen (secondary N) is 2. The van der Waals surface area contributed by atoms with Crippen molar-refractivity contribution in [3.8, 4) is 0 Å². The van der Waals surface area contributed by atoms with Crippen LogP contribution < -0.4 is 10.6 Å². The SMILES string of the molecule is CCCN(CCC)C(=O)c1cc(C)cc(C(=O)NC(CC(C)C)C(O)C(O)CC(=O)NCC(C)C)c1. The third-order valence-electron chi connectivity index (χ3n) is 5.81. The Balaban J connectivity index is 3.05. The van der Waals surface area contributed by atoms with Crippen LogP contribution in [0, 0.1) is 18.8 Å². The van der Waals surface area contributed by atoms with Gasteiger partial charge >= 0.3 is 0 Å². The predicted octanol–water partition coefficient (Wildman–Crippen LogP) is 3.29. The molecule has 0 fully saturated rings. The van der Waals surface area contributed by atoms with E-state index in [1.54, 1.807) is 23.1 Å². The van der Waals surface area contributed by atoms with Crippen molar-refractivity contribution in [2.24, 2.45) is 11.8 Å². The number of amides is 3. The van der Waals surface area contributed by atoms with Crippen LogP contribution in [0.3, 0.4) is 0 Å².